The molecule has 0 N–H and O–H groups in total. The Kier molecular flexibility index (Phi) is 3.40. The lowest BCUT2D eigenvalue weighted by Gasteiger charge is -2.20. The van der Waals surface area contributed by atoms with E-state index in [0.29, 0.717) is 0 Å². The molecule has 2 radical (unpaired) electrons. The minimum Gasteiger partial charge on any atom is -0.0622 e. The Hall–Kier alpha value is -1.56. The summed E-state index contributed by atoms with van der Waals surface area (Å²) in [7, 11) is 0. The summed E-state index contributed by atoms with van der Waals surface area (Å²) in [6, 6.07) is 20.7. The SMILES string of the molecule is [CH2]C(c1ccccc1)C([CH2])c1ccccc1. The third-order valence-electron chi connectivity index (χ3n) is 2.94. The summed E-state index contributed by atoms with van der Waals surface area (Å²) in [6.45, 7) is 8.44. The van der Waals surface area contributed by atoms with Crippen molar-refractivity contribution in [3.8, 4) is 0 Å². The first-order valence-electron chi connectivity index (χ1n) is 5.55. The highest BCUT2D eigenvalue weighted by atomic mass is 14.2. The first-order chi connectivity index (χ1) is 7.79. The molecule has 0 saturated heterocycles. The maximum atomic E-state index is 4.22. The van der Waals surface area contributed by atoms with E-state index < -0.39 is 0 Å². The summed E-state index contributed by atoms with van der Waals surface area (Å²) in [5.74, 6) is 0.396. The van der Waals surface area contributed by atoms with E-state index in [-0.39, 0.29) is 11.8 Å². The summed E-state index contributed by atoms with van der Waals surface area (Å²) < 4.78 is 0. The topological polar surface area (TPSA) is 0 Å². The van der Waals surface area contributed by atoms with Crippen LogP contribution in [-0.2, 0) is 0 Å². The van der Waals surface area contributed by atoms with Crippen LogP contribution in [0.25, 0.3) is 0 Å². The molecule has 2 aromatic rings. The van der Waals surface area contributed by atoms with Crippen molar-refractivity contribution in [2.75, 3.05) is 0 Å². The summed E-state index contributed by atoms with van der Waals surface area (Å²) >= 11 is 0. The Morgan fingerprint density at radius 3 is 1.19 bits per heavy atom. The average molecular weight is 208 g/mol. The van der Waals surface area contributed by atoms with E-state index in [0.717, 1.165) is 0 Å². The largest absolute Gasteiger partial charge is 0.0622 e. The highest BCUT2D eigenvalue weighted by Gasteiger charge is 2.15. The molecule has 0 saturated carbocycles. The standard InChI is InChI=1S/C16H16/c1-13(15-9-5-3-6-10-15)14(2)16-11-7-4-8-12-16/h3-14H,1-2H2. The van der Waals surface area contributed by atoms with E-state index in [2.05, 4.69) is 38.1 Å². The van der Waals surface area contributed by atoms with Crippen molar-refractivity contribution in [3.05, 3.63) is 85.6 Å². The van der Waals surface area contributed by atoms with Crippen molar-refractivity contribution in [1.29, 1.82) is 0 Å². The van der Waals surface area contributed by atoms with E-state index in [9.17, 15) is 0 Å². The summed E-state index contributed by atoms with van der Waals surface area (Å²) in [5.41, 5.74) is 2.48. The lowest BCUT2D eigenvalue weighted by atomic mass is 9.84. The number of hydrogen-bond acceptors (Lipinski definition) is 0. The Bertz CT molecular complexity index is 373. The van der Waals surface area contributed by atoms with Gasteiger partial charge in [-0.2, -0.15) is 0 Å². The van der Waals surface area contributed by atoms with Gasteiger partial charge in [-0.05, 0) is 36.8 Å². The molecule has 0 nitrogen and oxygen atoms in total. The van der Waals surface area contributed by atoms with Crippen molar-refractivity contribution in [1.82, 2.24) is 0 Å². The first-order valence-corrected chi connectivity index (χ1v) is 5.55. The fraction of sp³-hybridized carbons (Fsp3) is 0.125. The molecule has 2 atom stereocenters. The molecular formula is C16H16. The van der Waals surface area contributed by atoms with Crippen LogP contribution in [0.2, 0.25) is 0 Å². The molecule has 0 aliphatic rings. The maximum absolute atomic E-state index is 4.22. The van der Waals surface area contributed by atoms with Crippen LogP contribution in [0.4, 0.5) is 0 Å². The first kappa shape index (κ1) is 10.9. The summed E-state index contributed by atoms with van der Waals surface area (Å²) in [6.07, 6.45) is 0. The molecular weight excluding hydrogens is 192 g/mol. The Morgan fingerprint density at radius 1 is 0.562 bits per heavy atom. The summed E-state index contributed by atoms with van der Waals surface area (Å²) in [5, 5.41) is 0. The fourth-order valence-electron chi connectivity index (χ4n) is 1.87. The van der Waals surface area contributed by atoms with E-state index in [1.54, 1.807) is 0 Å². The van der Waals surface area contributed by atoms with Gasteiger partial charge in [-0.1, -0.05) is 60.7 Å². The van der Waals surface area contributed by atoms with Gasteiger partial charge in [0.1, 0.15) is 0 Å². The van der Waals surface area contributed by atoms with Crippen LogP contribution in [0.3, 0.4) is 0 Å². The van der Waals surface area contributed by atoms with Gasteiger partial charge >= 0.3 is 0 Å². The Labute approximate surface area is 97.9 Å². The molecule has 16 heavy (non-hydrogen) atoms. The molecule has 0 aliphatic heterocycles. The van der Waals surface area contributed by atoms with Crippen molar-refractivity contribution < 1.29 is 0 Å². The summed E-state index contributed by atoms with van der Waals surface area (Å²) in [4.78, 5) is 0. The molecule has 0 bridgehead atoms. The van der Waals surface area contributed by atoms with Gasteiger partial charge in [0.15, 0.2) is 0 Å². The van der Waals surface area contributed by atoms with Crippen LogP contribution in [0.5, 0.6) is 0 Å². The van der Waals surface area contributed by atoms with Crippen LogP contribution < -0.4 is 0 Å². The number of rotatable bonds is 3. The van der Waals surface area contributed by atoms with Gasteiger partial charge < -0.3 is 0 Å². The lowest BCUT2D eigenvalue weighted by molar-refractivity contribution is 0.731. The fourth-order valence-corrected chi connectivity index (χ4v) is 1.87. The zero-order valence-corrected chi connectivity index (χ0v) is 9.34. The molecule has 2 rings (SSSR count). The predicted octanol–water partition coefficient (Wildman–Crippen LogP) is 4.22. The van der Waals surface area contributed by atoms with Crippen LogP contribution in [0, 0.1) is 13.8 Å². The molecule has 0 aliphatic carbocycles. The minimum absolute atomic E-state index is 0.198. The monoisotopic (exact) mass is 208 g/mol. The van der Waals surface area contributed by atoms with Gasteiger partial charge in [0, 0.05) is 0 Å². The van der Waals surface area contributed by atoms with E-state index in [4.69, 9.17) is 0 Å². The Balaban J connectivity index is 2.20. The van der Waals surface area contributed by atoms with Crippen molar-refractivity contribution in [3.63, 3.8) is 0 Å². The third-order valence-corrected chi connectivity index (χ3v) is 2.94. The highest BCUT2D eigenvalue weighted by Crippen LogP contribution is 2.31. The number of benzene rings is 2. The highest BCUT2D eigenvalue weighted by molar-refractivity contribution is 5.30. The minimum atomic E-state index is 0.198. The van der Waals surface area contributed by atoms with Gasteiger partial charge in [-0.15, -0.1) is 0 Å². The second-order valence-corrected chi connectivity index (χ2v) is 4.03. The molecule has 0 aromatic heterocycles. The molecule has 0 spiro atoms. The predicted molar refractivity (Wildman–Crippen MR) is 69.1 cm³/mol. The average Bonchev–Trinajstić information content (AvgIpc) is 2.39. The second kappa shape index (κ2) is 4.98. The molecule has 80 valence electrons. The second-order valence-electron chi connectivity index (χ2n) is 4.03. The van der Waals surface area contributed by atoms with Crippen molar-refractivity contribution in [2.45, 2.75) is 11.8 Å². The quantitative estimate of drug-likeness (QED) is 0.708. The van der Waals surface area contributed by atoms with Crippen LogP contribution >= 0.6 is 0 Å². The molecule has 0 heteroatoms. The zero-order valence-electron chi connectivity index (χ0n) is 9.34. The van der Waals surface area contributed by atoms with Gasteiger partial charge in [-0.25, -0.2) is 0 Å². The van der Waals surface area contributed by atoms with Crippen LogP contribution in [0.15, 0.2) is 60.7 Å². The van der Waals surface area contributed by atoms with E-state index in [1.807, 2.05) is 36.4 Å². The van der Waals surface area contributed by atoms with E-state index >= 15 is 0 Å². The molecule has 2 unspecified atom stereocenters. The molecule has 0 heterocycles. The van der Waals surface area contributed by atoms with E-state index in [1.165, 1.54) is 11.1 Å². The third kappa shape index (κ3) is 2.33. The lowest BCUT2D eigenvalue weighted by Crippen LogP contribution is -2.05. The Morgan fingerprint density at radius 2 is 0.875 bits per heavy atom. The van der Waals surface area contributed by atoms with Gasteiger partial charge in [0.25, 0.3) is 0 Å². The molecule has 2 aromatic carbocycles. The van der Waals surface area contributed by atoms with Crippen molar-refractivity contribution >= 4 is 0 Å². The number of hydrogen-bond donors (Lipinski definition) is 0. The molecule has 0 fully saturated rings. The van der Waals surface area contributed by atoms with Crippen molar-refractivity contribution in [2.24, 2.45) is 0 Å². The van der Waals surface area contributed by atoms with Gasteiger partial charge in [0.05, 0.1) is 0 Å². The van der Waals surface area contributed by atoms with Crippen LogP contribution in [0.1, 0.15) is 23.0 Å². The van der Waals surface area contributed by atoms with Gasteiger partial charge in [-0.3, -0.25) is 0 Å². The zero-order chi connectivity index (χ0) is 11.4. The van der Waals surface area contributed by atoms with Crippen LogP contribution in [-0.4, -0.2) is 0 Å². The molecule has 0 amide bonds. The smallest absolute Gasteiger partial charge is 0.00929 e. The van der Waals surface area contributed by atoms with Gasteiger partial charge in [0.2, 0.25) is 0 Å². The normalized spacial score (nSPS) is 14.4. The maximum Gasteiger partial charge on any atom is -0.00929 e.